The molecule has 0 N–H and O–H groups in total. The van der Waals surface area contributed by atoms with Crippen molar-refractivity contribution in [2.45, 2.75) is 64.3 Å². The number of likely N-dealkylation sites (tertiary alicyclic amines) is 1. The van der Waals surface area contributed by atoms with Crippen molar-refractivity contribution < 1.29 is 0 Å². The highest BCUT2D eigenvalue weighted by Crippen LogP contribution is 2.38. The van der Waals surface area contributed by atoms with Crippen LogP contribution in [0.1, 0.15) is 58.3 Å². The molecular weight excluding hydrogens is 312 g/mol. The second kappa shape index (κ2) is 8.14. The van der Waals surface area contributed by atoms with Crippen molar-refractivity contribution in [3.63, 3.8) is 0 Å². The van der Waals surface area contributed by atoms with Gasteiger partial charge in [0.25, 0.3) is 0 Å². The van der Waals surface area contributed by atoms with E-state index in [-0.39, 0.29) is 0 Å². The molecular formula is C17H33BrN2. The van der Waals surface area contributed by atoms with E-state index in [1.807, 2.05) is 0 Å². The third-order valence-corrected chi connectivity index (χ3v) is 6.85. The van der Waals surface area contributed by atoms with Gasteiger partial charge in [0.05, 0.1) is 0 Å². The molecule has 0 radical (unpaired) electrons. The molecule has 0 unspecified atom stereocenters. The Balaban J connectivity index is 1.87. The van der Waals surface area contributed by atoms with Gasteiger partial charge in [-0.3, -0.25) is 0 Å². The Labute approximate surface area is 134 Å². The van der Waals surface area contributed by atoms with E-state index in [4.69, 9.17) is 0 Å². The molecule has 0 spiro atoms. The Morgan fingerprint density at radius 1 is 1.10 bits per heavy atom. The standard InChI is InChI=1S/C17H33BrN2/c1-3-20-12-8-16(9-13-20)19(2)15-17(14-18)10-6-4-5-7-11-17/h16H,3-15H2,1-2H3. The van der Waals surface area contributed by atoms with Crippen LogP contribution in [-0.4, -0.2) is 54.4 Å². The van der Waals surface area contributed by atoms with Crippen LogP contribution in [0.3, 0.4) is 0 Å². The van der Waals surface area contributed by atoms with Crippen molar-refractivity contribution in [1.82, 2.24) is 9.80 Å². The topological polar surface area (TPSA) is 6.48 Å². The highest BCUT2D eigenvalue weighted by Gasteiger charge is 2.33. The first-order chi connectivity index (χ1) is 9.69. The van der Waals surface area contributed by atoms with Gasteiger partial charge in [-0.1, -0.05) is 48.5 Å². The fraction of sp³-hybridized carbons (Fsp3) is 1.00. The van der Waals surface area contributed by atoms with Gasteiger partial charge in [-0.05, 0) is 57.8 Å². The van der Waals surface area contributed by atoms with Crippen LogP contribution < -0.4 is 0 Å². The minimum absolute atomic E-state index is 0.549. The van der Waals surface area contributed by atoms with Crippen LogP contribution in [0.2, 0.25) is 0 Å². The molecule has 0 bridgehead atoms. The van der Waals surface area contributed by atoms with Crippen LogP contribution in [0.15, 0.2) is 0 Å². The van der Waals surface area contributed by atoms with E-state index in [0.717, 1.165) is 6.04 Å². The van der Waals surface area contributed by atoms with Gasteiger partial charge in [-0.25, -0.2) is 0 Å². The molecule has 2 aliphatic rings. The monoisotopic (exact) mass is 344 g/mol. The van der Waals surface area contributed by atoms with Crippen molar-refractivity contribution in [3.05, 3.63) is 0 Å². The Hall–Kier alpha value is 0.400. The maximum atomic E-state index is 3.84. The van der Waals surface area contributed by atoms with E-state index in [1.165, 1.54) is 82.9 Å². The lowest BCUT2D eigenvalue weighted by atomic mass is 9.81. The van der Waals surface area contributed by atoms with Crippen LogP contribution in [0.5, 0.6) is 0 Å². The minimum Gasteiger partial charge on any atom is -0.303 e. The van der Waals surface area contributed by atoms with Gasteiger partial charge < -0.3 is 9.80 Å². The molecule has 0 atom stereocenters. The quantitative estimate of drug-likeness (QED) is 0.546. The Kier molecular flexibility index (Phi) is 6.83. The van der Waals surface area contributed by atoms with Gasteiger partial charge in [-0.15, -0.1) is 0 Å². The summed E-state index contributed by atoms with van der Waals surface area (Å²) in [5.74, 6) is 0. The van der Waals surface area contributed by atoms with Crippen LogP contribution in [0.25, 0.3) is 0 Å². The van der Waals surface area contributed by atoms with Crippen LogP contribution in [0, 0.1) is 5.41 Å². The van der Waals surface area contributed by atoms with Crippen molar-refractivity contribution in [3.8, 4) is 0 Å². The van der Waals surface area contributed by atoms with E-state index >= 15 is 0 Å². The molecule has 2 rings (SSSR count). The smallest absolute Gasteiger partial charge is 0.0117 e. The molecule has 0 aromatic rings. The minimum atomic E-state index is 0.549. The summed E-state index contributed by atoms with van der Waals surface area (Å²) in [5, 5.41) is 1.19. The van der Waals surface area contributed by atoms with Gasteiger partial charge >= 0.3 is 0 Å². The number of rotatable bonds is 5. The molecule has 0 aromatic carbocycles. The average Bonchev–Trinajstić information content (AvgIpc) is 2.73. The van der Waals surface area contributed by atoms with Gasteiger partial charge in [0, 0.05) is 17.9 Å². The highest BCUT2D eigenvalue weighted by atomic mass is 79.9. The average molecular weight is 345 g/mol. The summed E-state index contributed by atoms with van der Waals surface area (Å²) in [7, 11) is 2.38. The normalized spacial score (nSPS) is 25.8. The first kappa shape index (κ1) is 16.8. The van der Waals surface area contributed by atoms with Crippen LogP contribution in [0.4, 0.5) is 0 Å². The molecule has 2 nitrogen and oxygen atoms in total. The third kappa shape index (κ3) is 4.45. The molecule has 1 heterocycles. The van der Waals surface area contributed by atoms with E-state index in [0.29, 0.717) is 5.41 Å². The lowest BCUT2D eigenvalue weighted by Crippen LogP contribution is -2.47. The first-order valence-corrected chi connectivity index (χ1v) is 9.80. The van der Waals surface area contributed by atoms with E-state index < -0.39 is 0 Å². The SMILES string of the molecule is CCN1CCC(N(C)CC2(CBr)CCCCCC2)CC1. The molecule has 1 aliphatic carbocycles. The van der Waals surface area contributed by atoms with E-state index in [9.17, 15) is 0 Å². The van der Waals surface area contributed by atoms with Gasteiger partial charge in [0.15, 0.2) is 0 Å². The summed E-state index contributed by atoms with van der Waals surface area (Å²) >= 11 is 3.84. The predicted octanol–water partition coefficient (Wildman–Crippen LogP) is 4.14. The van der Waals surface area contributed by atoms with E-state index in [2.05, 4.69) is 39.7 Å². The summed E-state index contributed by atoms with van der Waals surface area (Å²) in [5.41, 5.74) is 0.549. The van der Waals surface area contributed by atoms with Crippen molar-refractivity contribution in [1.29, 1.82) is 0 Å². The van der Waals surface area contributed by atoms with Crippen molar-refractivity contribution in [2.75, 3.05) is 38.6 Å². The van der Waals surface area contributed by atoms with Gasteiger partial charge in [0.1, 0.15) is 0 Å². The summed E-state index contributed by atoms with van der Waals surface area (Å²) in [6.45, 7) is 7.41. The molecule has 0 aromatic heterocycles. The zero-order valence-corrected chi connectivity index (χ0v) is 15.1. The second-order valence-corrected chi connectivity index (χ2v) is 7.69. The fourth-order valence-electron chi connectivity index (χ4n) is 4.15. The fourth-order valence-corrected chi connectivity index (χ4v) is 4.89. The summed E-state index contributed by atoms with van der Waals surface area (Å²) in [6.07, 6.45) is 11.4. The number of alkyl halides is 1. The molecule has 1 aliphatic heterocycles. The lowest BCUT2D eigenvalue weighted by Gasteiger charge is -2.41. The Bertz CT molecular complexity index is 266. The highest BCUT2D eigenvalue weighted by molar-refractivity contribution is 9.09. The second-order valence-electron chi connectivity index (χ2n) is 7.13. The number of nitrogens with zero attached hydrogens (tertiary/aromatic N) is 2. The first-order valence-electron chi connectivity index (χ1n) is 8.68. The summed E-state index contributed by atoms with van der Waals surface area (Å²) in [6, 6.07) is 0.817. The van der Waals surface area contributed by atoms with E-state index in [1.54, 1.807) is 0 Å². The number of halogens is 1. The van der Waals surface area contributed by atoms with Crippen LogP contribution >= 0.6 is 15.9 Å². The zero-order valence-electron chi connectivity index (χ0n) is 13.5. The lowest BCUT2D eigenvalue weighted by molar-refractivity contribution is 0.0886. The summed E-state index contributed by atoms with van der Waals surface area (Å²) < 4.78 is 0. The van der Waals surface area contributed by atoms with Crippen LogP contribution in [-0.2, 0) is 0 Å². The Morgan fingerprint density at radius 3 is 2.20 bits per heavy atom. The number of hydrogen-bond donors (Lipinski definition) is 0. The van der Waals surface area contributed by atoms with Crippen molar-refractivity contribution in [2.24, 2.45) is 5.41 Å². The molecule has 1 saturated carbocycles. The number of piperidine rings is 1. The van der Waals surface area contributed by atoms with Crippen molar-refractivity contribution >= 4 is 15.9 Å². The zero-order chi connectivity index (χ0) is 14.4. The number of hydrogen-bond acceptors (Lipinski definition) is 2. The predicted molar refractivity (Wildman–Crippen MR) is 91.7 cm³/mol. The van der Waals surface area contributed by atoms with Gasteiger partial charge in [-0.2, -0.15) is 0 Å². The van der Waals surface area contributed by atoms with Gasteiger partial charge in [0.2, 0.25) is 0 Å². The molecule has 118 valence electrons. The molecule has 20 heavy (non-hydrogen) atoms. The third-order valence-electron chi connectivity index (χ3n) is 5.66. The largest absolute Gasteiger partial charge is 0.303 e. The Morgan fingerprint density at radius 2 is 1.70 bits per heavy atom. The molecule has 0 amide bonds. The molecule has 1 saturated heterocycles. The maximum Gasteiger partial charge on any atom is 0.0117 e. The maximum absolute atomic E-state index is 3.84. The molecule has 2 fully saturated rings. The molecule has 3 heteroatoms. The summed E-state index contributed by atoms with van der Waals surface area (Å²) in [4.78, 5) is 5.29.